The lowest BCUT2D eigenvalue weighted by Crippen LogP contribution is -2.45. The summed E-state index contributed by atoms with van der Waals surface area (Å²) in [5.41, 5.74) is 0.391. The molecule has 2 saturated heterocycles. The minimum atomic E-state index is -0.193. The Kier molecular flexibility index (Phi) is 3.67. The number of hydrogen-bond acceptors (Lipinski definition) is 4. The molecule has 0 radical (unpaired) electrons. The molecular formula is C14H21N5O2. The van der Waals surface area contributed by atoms with E-state index in [1.807, 2.05) is 4.90 Å². The van der Waals surface area contributed by atoms with Crippen molar-refractivity contribution in [2.45, 2.75) is 26.2 Å². The molecule has 7 heteroatoms. The predicted octanol–water partition coefficient (Wildman–Crippen LogP) is 0.885. The Labute approximate surface area is 123 Å². The minimum Gasteiger partial charge on any atom is -0.323 e. The number of hydrogen-bond donors (Lipinski definition) is 2. The van der Waals surface area contributed by atoms with Gasteiger partial charge in [0.2, 0.25) is 5.91 Å². The smallest absolute Gasteiger partial charge is 0.323 e. The molecule has 2 fully saturated rings. The number of anilines is 1. The second-order valence-electron chi connectivity index (χ2n) is 6.02. The van der Waals surface area contributed by atoms with Crippen LogP contribution in [0.25, 0.3) is 0 Å². The zero-order chi connectivity index (χ0) is 14.9. The first-order valence-electron chi connectivity index (χ1n) is 7.41. The van der Waals surface area contributed by atoms with Crippen LogP contribution in [0.2, 0.25) is 0 Å². The summed E-state index contributed by atoms with van der Waals surface area (Å²) in [6, 6.07) is 1.51. The summed E-state index contributed by atoms with van der Waals surface area (Å²) >= 11 is 0. The second kappa shape index (κ2) is 5.48. The molecule has 114 valence electrons. The first-order valence-corrected chi connectivity index (χ1v) is 7.41. The van der Waals surface area contributed by atoms with Crippen LogP contribution in [0.3, 0.4) is 0 Å². The van der Waals surface area contributed by atoms with Gasteiger partial charge in [0.25, 0.3) is 0 Å². The van der Waals surface area contributed by atoms with E-state index in [2.05, 4.69) is 15.7 Å². The van der Waals surface area contributed by atoms with Crippen LogP contribution in [0, 0.1) is 5.41 Å². The van der Waals surface area contributed by atoms with E-state index < -0.39 is 0 Å². The highest BCUT2D eigenvalue weighted by Crippen LogP contribution is 2.36. The lowest BCUT2D eigenvalue weighted by molar-refractivity contribution is -0.114. The van der Waals surface area contributed by atoms with Crippen LogP contribution in [0.1, 0.15) is 26.2 Å². The van der Waals surface area contributed by atoms with Crippen molar-refractivity contribution in [3.63, 3.8) is 0 Å². The normalized spacial score (nSPS) is 20.7. The topological polar surface area (TPSA) is 79.3 Å². The average molecular weight is 291 g/mol. The highest BCUT2D eigenvalue weighted by Gasteiger charge is 2.38. The van der Waals surface area contributed by atoms with Crippen molar-refractivity contribution in [2.24, 2.45) is 5.41 Å². The Morgan fingerprint density at radius 3 is 2.71 bits per heavy atom. The largest absolute Gasteiger partial charge is 0.344 e. The maximum absolute atomic E-state index is 12.4. The Morgan fingerprint density at radius 2 is 2.10 bits per heavy atom. The number of aromatic nitrogens is 2. The van der Waals surface area contributed by atoms with E-state index in [4.69, 9.17) is 0 Å². The molecule has 7 nitrogen and oxygen atoms in total. The lowest BCUT2D eigenvalue weighted by atomic mass is 9.78. The third-order valence-electron chi connectivity index (χ3n) is 4.52. The van der Waals surface area contributed by atoms with E-state index in [1.165, 1.54) is 18.0 Å². The zero-order valence-corrected chi connectivity index (χ0v) is 12.3. The van der Waals surface area contributed by atoms with E-state index in [9.17, 15) is 9.59 Å². The average Bonchev–Trinajstić information content (AvgIpc) is 3.09. The van der Waals surface area contributed by atoms with Crippen LogP contribution in [0.5, 0.6) is 0 Å². The fourth-order valence-corrected chi connectivity index (χ4v) is 3.22. The molecule has 0 bridgehead atoms. The van der Waals surface area contributed by atoms with Crippen LogP contribution in [-0.2, 0) is 4.79 Å². The van der Waals surface area contributed by atoms with Gasteiger partial charge in [-0.2, -0.15) is 4.68 Å². The maximum atomic E-state index is 12.4. The Balaban J connectivity index is 1.61. The van der Waals surface area contributed by atoms with Gasteiger partial charge in [0.15, 0.2) is 5.82 Å². The molecule has 2 N–H and O–H groups in total. The molecule has 2 aliphatic rings. The van der Waals surface area contributed by atoms with Gasteiger partial charge in [0.1, 0.15) is 0 Å². The molecule has 0 saturated carbocycles. The van der Waals surface area contributed by atoms with Crippen LogP contribution in [0.15, 0.2) is 12.3 Å². The zero-order valence-electron chi connectivity index (χ0n) is 12.3. The molecule has 3 heterocycles. The standard InChI is InChI=1S/C14H21N5O2/c1-11(20)16-12-2-7-19(17-12)13(21)18-8-4-14(5-9-18)3-6-15-10-14/h2,7,15H,3-6,8-10H2,1H3,(H,16,17,20). The van der Waals surface area contributed by atoms with Gasteiger partial charge >= 0.3 is 6.03 Å². The first kappa shape index (κ1) is 14.1. The third-order valence-corrected chi connectivity index (χ3v) is 4.52. The molecular weight excluding hydrogens is 270 g/mol. The van der Waals surface area contributed by atoms with Crippen molar-refractivity contribution in [1.82, 2.24) is 20.0 Å². The maximum Gasteiger partial charge on any atom is 0.344 e. The molecule has 1 spiro atoms. The molecule has 2 aliphatic heterocycles. The predicted molar refractivity (Wildman–Crippen MR) is 78.1 cm³/mol. The molecule has 1 aromatic heterocycles. The van der Waals surface area contributed by atoms with Gasteiger partial charge in [-0.05, 0) is 31.2 Å². The van der Waals surface area contributed by atoms with Crippen LogP contribution in [0.4, 0.5) is 10.6 Å². The highest BCUT2D eigenvalue weighted by atomic mass is 16.2. The fourth-order valence-electron chi connectivity index (χ4n) is 3.22. The summed E-state index contributed by atoms with van der Waals surface area (Å²) < 4.78 is 1.30. The van der Waals surface area contributed by atoms with Gasteiger partial charge in [-0.15, -0.1) is 5.10 Å². The van der Waals surface area contributed by atoms with Gasteiger partial charge in [0.05, 0.1) is 0 Å². The Bertz CT molecular complexity index is 537. The number of piperidine rings is 1. The summed E-state index contributed by atoms with van der Waals surface area (Å²) in [4.78, 5) is 25.2. The SMILES string of the molecule is CC(=O)Nc1ccn(C(=O)N2CCC3(CCNC3)CC2)n1. The van der Waals surface area contributed by atoms with E-state index in [0.717, 1.165) is 39.0 Å². The second-order valence-corrected chi connectivity index (χ2v) is 6.02. The third kappa shape index (κ3) is 2.92. The molecule has 0 aromatic carbocycles. The van der Waals surface area contributed by atoms with Crippen molar-refractivity contribution < 1.29 is 9.59 Å². The van der Waals surface area contributed by atoms with Crippen molar-refractivity contribution in [1.29, 1.82) is 0 Å². The fraction of sp³-hybridized carbons (Fsp3) is 0.643. The van der Waals surface area contributed by atoms with Crippen molar-refractivity contribution in [3.05, 3.63) is 12.3 Å². The van der Waals surface area contributed by atoms with Crippen LogP contribution >= 0.6 is 0 Å². The molecule has 0 unspecified atom stereocenters. The van der Waals surface area contributed by atoms with E-state index in [0.29, 0.717) is 11.2 Å². The number of carbonyl (C=O) groups excluding carboxylic acids is 2. The van der Waals surface area contributed by atoms with E-state index >= 15 is 0 Å². The Morgan fingerprint density at radius 1 is 1.33 bits per heavy atom. The van der Waals surface area contributed by atoms with Gasteiger partial charge in [-0.3, -0.25) is 4.79 Å². The van der Waals surface area contributed by atoms with Gasteiger partial charge in [-0.25, -0.2) is 4.79 Å². The Hall–Kier alpha value is -1.89. The molecule has 21 heavy (non-hydrogen) atoms. The van der Waals surface area contributed by atoms with Gasteiger partial charge < -0.3 is 15.5 Å². The number of carbonyl (C=O) groups is 2. The number of nitrogens with zero attached hydrogens (tertiary/aromatic N) is 3. The van der Waals surface area contributed by atoms with Crippen LogP contribution in [-0.4, -0.2) is 52.8 Å². The van der Waals surface area contributed by atoms with Crippen molar-refractivity contribution in [3.8, 4) is 0 Å². The number of likely N-dealkylation sites (tertiary alicyclic amines) is 1. The van der Waals surface area contributed by atoms with Crippen LogP contribution < -0.4 is 10.6 Å². The summed E-state index contributed by atoms with van der Waals surface area (Å²) in [5.74, 6) is 0.214. The molecule has 1 aromatic rings. The first-order chi connectivity index (χ1) is 10.1. The monoisotopic (exact) mass is 291 g/mol. The van der Waals surface area contributed by atoms with Crippen molar-refractivity contribution >= 4 is 17.8 Å². The summed E-state index contributed by atoms with van der Waals surface area (Å²) in [5, 5.41) is 10.1. The molecule has 0 atom stereocenters. The van der Waals surface area contributed by atoms with E-state index in [1.54, 1.807) is 12.3 Å². The lowest BCUT2D eigenvalue weighted by Gasteiger charge is -2.38. The number of nitrogens with one attached hydrogen (secondary N) is 2. The highest BCUT2D eigenvalue weighted by molar-refractivity contribution is 5.87. The summed E-state index contributed by atoms with van der Waals surface area (Å²) in [7, 11) is 0. The van der Waals surface area contributed by atoms with Crippen molar-refractivity contribution in [2.75, 3.05) is 31.5 Å². The quantitative estimate of drug-likeness (QED) is 0.805. The van der Waals surface area contributed by atoms with Gasteiger partial charge in [0, 0.05) is 38.8 Å². The minimum absolute atomic E-state index is 0.118. The van der Waals surface area contributed by atoms with Gasteiger partial charge in [-0.1, -0.05) is 0 Å². The summed E-state index contributed by atoms with van der Waals surface area (Å²) in [6.07, 6.45) is 4.90. The molecule has 0 aliphatic carbocycles. The molecule has 3 rings (SSSR count). The number of amides is 2. The number of rotatable bonds is 1. The summed E-state index contributed by atoms with van der Waals surface area (Å²) in [6.45, 7) is 5.13. The molecule has 2 amide bonds. The van der Waals surface area contributed by atoms with E-state index in [-0.39, 0.29) is 11.9 Å².